The molecular formula is C11H21O. The first kappa shape index (κ1) is 10.0. The fourth-order valence-corrected chi connectivity index (χ4v) is 2.11. The van der Waals surface area contributed by atoms with Gasteiger partial charge in [-0.2, -0.15) is 0 Å². The van der Waals surface area contributed by atoms with Crippen LogP contribution >= 0.6 is 0 Å². The van der Waals surface area contributed by atoms with E-state index < -0.39 is 5.60 Å². The summed E-state index contributed by atoms with van der Waals surface area (Å²) in [6.07, 6.45) is 7.71. The summed E-state index contributed by atoms with van der Waals surface area (Å²) in [7, 11) is 0. The zero-order valence-corrected chi connectivity index (χ0v) is 8.56. The Morgan fingerprint density at radius 3 is 2.00 bits per heavy atom. The van der Waals surface area contributed by atoms with Gasteiger partial charge in [0.05, 0.1) is 5.60 Å². The highest BCUT2D eigenvalue weighted by atomic mass is 16.3. The van der Waals surface area contributed by atoms with Crippen LogP contribution in [0.5, 0.6) is 0 Å². The molecule has 1 radical (unpaired) electrons. The van der Waals surface area contributed by atoms with E-state index in [2.05, 4.69) is 27.2 Å². The Kier molecular flexibility index (Phi) is 2.82. The molecule has 1 N–H and O–H groups in total. The van der Waals surface area contributed by atoms with Gasteiger partial charge in [0.25, 0.3) is 0 Å². The third-order valence-electron chi connectivity index (χ3n) is 2.42. The van der Waals surface area contributed by atoms with E-state index in [1.807, 2.05) is 0 Å². The second kappa shape index (κ2) is 3.37. The van der Waals surface area contributed by atoms with Crippen molar-refractivity contribution in [2.45, 2.75) is 58.5 Å². The maximum absolute atomic E-state index is 10.2. The van der Waals surface area contributed by atoms with Crippen molar-refractivity contribution >= 4 is 0 Å². The summed E-state index contributed by atoms with van der Waals surface area (Å²) in [6.45, 7) is 6.46. The van der Waals surface area contributed by atoms with Crippen LogP contribution in [0.3, 0.4) is 0 Å². The van der Waals surface area contributed by atoms with Gasteiger partial charge in [0.2, 0.25) is 0 Å². The molecule has 1 rings (SSSR count). The minimum atomic E-state index is -0.462. The SMILES string of the molecule is CC(C)(C)[CH]C1(O)CCCCC1. The maximum Gasteiger partial charge on any atom is 0.0684 e. The van der Waals surface area contributed by atoms with Crippen molar-refractivity contribution in [3.8, 4) is 0 Å². The molecular weight excluding hydrogens is 148 g/mol. The summed E-state index contributed by atoms with van der Waals surface area (Å²) in [5.41, 5.74) is -0.317. The topological polar surface area (TPSA) is 20.2 Å². The van der Waals surface area contributed by atoms with Gasteiger partial charge < -0.3 is 5.11 Å². The summed E-state index contributed by atoms with van der Waals surface area (Å²) < 4.78 is 0. The highest BCUT2D eigenvalue weighted by molar-refractivity contribution is 5.00. The largest absolute Gasteiger partial charge is 0.390 e. The molecule has 1 heteroatoms. The lowest BCUT2D eigenvalue weighted by Crippen LogP contribution is -2.36. The molecule has 1 aliphatic rings. The molecule has 0 amide bonds. The molecule has 71 valence electrons. The van der Waals surface area contributed by atoms with E-state index in [-0.39, 0.29) is 5.41 Å². The van der Waals surface area contributed by atoms with Crippen LogP contribution < -0.4 is 0 Å². The lowest BCUT2D eigenvalue weighted by Gasteiger charge is -2.36. The van der Waals surface area contributed by atoms with Gasteiger partial charge in [-0.1, -0.05) is 40.0 Å². The van der Waals surface area contributed by atoms with E-state index in [4.69, 9.17) is 0 Å². The van der Waals surface area contributed by atoms with Crippen LogP contribution in [0.1, 0.15) is 52.9 Å². The van der Waals surface area contributed by atoms with Crippen molar-refractivity contribution in [1.82, 2.24) is 0 Å². The van der Waals surface area contributed by atoms with E-state index in [0.29, 0.717) is 0 Å². The zero-order chi connectivity index (χ0) is 9.24. The van der Waals surface area contributed by atoms with Gasteiger partial charge in [0.15, 0.2) is 0 Å². The van der Waals surface area contributed by atoms with Gasteiger partial charge in [-0.3, -0.25) is 0 Å². The van der Waals surface area contributed by atoms with E-state index in [1.165, 1.54) is 19.3 Å². The van der Waals surface area contributed by atoms with Gasteiger partial charge in [-0.25, -0.2) is 0 Å². The molecule has 0 bridgehead atoms. The Hall–Kier alpha value is -0.0400. The van der Waals surface area contributed by atoms with Crippen molar-refractivity contribution < 1.29 is 5.11 Å². The Bertz CT molecular complexity index is 138. The van der Waals surface area contributed by atoms with Crippen LogP contribution in [-0.4, -0.2) is 10.7 Å². The summed E-state index contributed by atoms with van der Waals surface area (Å²) in [4.78, 5) is 0. The monoisotopic (exact) mass is 169 g/mol. The number of rotatable bonds is 1. The summed E-state index contributed by atoms with van der Waals surface area (Å²) in [5, 5.41) is 10.2. The first-order valence-corrected chi connectivity index (χ1v) is 5.01. The molecule has 0 aliphatic heterocycles. The van der Waals surface area contributed by atoms with E-state index in [9.17, 15) is 5.11 Å². The van der Waals surface area contributed by atoms with Gasteiger partial charge in [-0.05, 0) is 24.7 Å². The first-order valence-electron chi connectivity index (χ1n) is 5.01. The fraction of sp³-hybridized carbons (Fsp3) is 0.909. The number of hydrogen-bond acceptors (Lipinski definition) is 1. The second-order valence-corrected chi connectivity index (χ2v) is 5.17. The van der Waals surface area contributed by atoms with E-state index in [0.717, 1.165) is 12.8 Å². The van der Waals surface area contributed by atoms with Crippen molar-refractivity contribution in [2.75, 3.05) is 0 Å². The minimum absolute atomic E-state index is 0.145. The lowest BCUT2D eigenvalue weighted by molar-refractivity contribution is 0.0185. The summed E-state index contributed by atoms with van der Waals surface area (Å²) >= 11 is 0. The second-order valence-electron chi connectivity index (χ2n) is 5.17. The third-order valence-corrected chi connectivity index (χ3v) is 2.42. The molecule has 1 aliphatic carbocycles. The molecule has 0 aromatic heterocycles. The predicted octanol–water partition coefficient (Wildman–Crippen LogP) is 2.93. The Labute approximate surface area is 76.2 Å². The Morgan fingerprint density at radius 2 is 1.58 bits per heavy atom. The molecule has 0 aromatic rings. The average Bonchev–Trinajstić information content (AvgIpc) is 1.83. The summed E-state index contributed by atoms with van der Waals surface area (Å²) in [5.74, 6) is 0. The van der Waals surface area contributed by atoms with Gasteiger partial charge in [-0.15, -0.1) is 0 Å². The van der Waals surface area contributed by atoms with Crippen LogP contribution in [0, 0.1) is 11.8 Å². The van der Waals surface area contributed by atoms with Crippen molar-refractivity contribution in [3.63, 3.8) is 0 Å². The molecule has 0 spiro atoms. The maximum atomic E-state index is 10.2. The molecule has 12 heavy (non-hydrogen) atoms. The minimum Gasteiger partial charge on any atom is -0.390 e. The molecule has 0 heterocycles. The molecule has 1 saturated carbocycles. The predicted molar refractivity (Wildman–Crippen MR) is 51.8 cm³/mol. The van der Waals surface area contributed by atoms with Crippen molar-refractivity contribution in [2.24, 2.45) is 5.41 Å². The fourth-order valence-electron chi connectivity index (χ4n) is 2.11. The normalized spacial score (nSPS) is 24.0. The van der Waals surface area contributed by atoms with Gasteiger partial charge >= 0.3 is 0 Å². The Morgan fingerprint density at radius 1 is 1.08 bits per heavy atom. The van der Waals surface area contributed by atoms with E-state index in [1.54, 1.807) is 0 Å². The highest BCUT2D eigenvalue weighted by Crippen LogP contribution is 2.36. The molecule has 0 saturated heterocycles. The number of aliphatic hydroxyl groups is 1. The van der Waals surface area contributed by atoms with Crippen LogP contribution in [-0.2, 0) is 0 Å². The van der Waals surface area contributed by atoms with Crippen LogP contribution in [0.2, 0.25) is 0 Å². The standard InChI is InChI=1S/C11H21O/c1-10(2,3)9-11(12)7-5-4-6-8-11/h9,12H,4-8H2,1-3H3. The molecule has 0 aromatic carbocycles. The average molecular weight is 169 g/mol. The van der Waals surface area contributed by atoms with Gasteiger partial charge in [0, 0.05) is 0 Å². The smallest absolute Gasteiger partial charge is 0.0684 e. The molecule has 1 nitrogen and oxygen atoms in total. The van der Waals surface area contributed by atoms with E-state index >= 15 is 0 Å². The lowest BCUT2D eigenvalue weighted by atomic mass is 9.74. The van der Waals surface area contributed by atoms with Gasteiger partial charge in [0.1, 0.15) is 0 Å². The van der Waals surface area contributed by atoms with Crippen molar-refractivity contribution in [1.29, 1.82) is 0 Å². The third kappa shape index (κ3) is 3.14. The highest BCUT2D eigenvalue weighted by Gasteiger charge is 2.33. The molecule has 0 atom stereocenters. The zero-order valence-electron chi connectivity index (χ0n) is 8.56. The molecule has 1 fully saturated rings. The summed E-state index contributed by atoms with van der Waals surface area (Å²) in [6, 6.07) is 0. The first-order chi connectivity index (χ1) is 5.41. The van der Waals surface area contributed by atoms with Crippen LogP contribution in [0.4, 0.5) is 0 Å². The van der Waals surface area contributed by atoms with Crippen LogP contribution in [0.15, 0.2) is 0 Å². The quantitative estimate of drug-likeness (QED) is 0.640. The molecule has 0 unspecified atom stereocenters. The van der Waals surface area contributed by atoms with Crippen LogP contribution in [0.25, 0.3) is 0 Å². The van der Waals surface area contributed by atoms with Crippen molar-refractivity contribution in [3.05, 3.63) is 6.42 Å². The number of hydrogen-bond donors (Lipinski definition) is 1. The Balaban J connectivity index is 2.47.